The maximum absolute atomic E-state index is 3.96. The van der Waals surface area contributed by atoms with E-state index in [0.29, 0.717) is 5.41 Å². The smallest absolute Gasteiger partial charge is 0.0121 e. The van der Waals surface area contributed by atoms with E-state index in [-0.39, 0.29) is 0 Å². The van der Waals surface area contributed by atoms with E-state index in [0.717, 1.165) is 18.0 Å². The molecule has 2 rings (SSSR count). The summed E-state index contributed by atoms with van der Waals surface area (Å²) in [6.45, 7) is 7.30. The van der Waals surface area contributed by atoms with E-state index in [9.17, 15) is 0 Å². The molecule has 0 amide bonds. The van der Waals surface area contributed by atoms with Gasteiger partial charge in [-0.2, -0.15) is 0 Å². The quantitative estimate of drug-likeness (QED) is 0.730. The van der Waals surface area contributed by atoms with E-state index >= 15 is 0 Å². The Morgan fingerprint density at radius 3 is 2.33 bits per heavy atom. The van der Waals surface area contributed by atoms with Gasteiger partial charge in [-0.1, -0.05) is 40.0 Å². The average molecular weight is 209 g/mol. The molecule has 1 nitrogen and oxygen atoms in total. The minimum Gasteiger partial charge on any atom is -0.310 e. The van der Waals surface area contributed by atoms with Crippen LogP contribution in [-0.2, 0) is 0 Å². The van der Waals surface area contributed by atoms with Gasteiger partial charge in [-0.25, -0.2) is 0 Å². The van der Waals surface area contributed by atoms with Gasteiger partial charge in [0.2, 0.25) is 0 Å². The van der Waals surface area contributed by atoms with Crippen molar-refractivity contribution in [3.05, 3.63) is 0 Å². The third-order valence-corrected chi connectivity index (χ3v) is 4.78. The highest BCUT2D eigenvalue weighted by atomic mass is 15.0. The minimum absolute atomic E-state index is 0.539. The van der Waals surface area contributed by atoms with Crippen LogP contribution in [0.5, 0.6) is 0 Å². The fraction of sp³-hybridized carbons (Fsp3) is 1.00. The molecule has 0 radical (unpaired) electrons. The normalized spacial score (nSPS) is 40.6. The predicted molar refractivity (Wildman–Crippen MR) is 66.0 cm³/mol. The van der Waals surface area contributed by atoms with Crippen LogP contribution in [0.15, 0.2) is 0 Å². The van der Waals surface area contributed by atoms with Gasteiger partial charge in [0, 0.05) is 12.1 Å². The first-order valence-electron chi connectivity index (χ1n) is 6.86. The van der Waals surface area contributed by atoms with Gasteiger partial charge in [0.05, 0.1) is 0 Å². The predicted octanol–water partition coefficient (Wildman–Crippen LogP) is 3.73. The third-order valence-electron chi connectivity index (χ3n) is 4.78. The molecule has 1 heteroatoms. The molecule has 0 aliphatic heterocycles. The fourth-order valence-corrected chi connectivity index (χ4v) is 3.46. The molecule has 0 heterocycles. The van der Waals surface area contributed by atoms with E-state index in [4.69, 9.17) is 0 Å². The molecule has 2 aliphatic rings. The molecule has 0 aromatic carbocycles. The van der Waals surface area contributed by atoms with Crippen molar-refractivity contribution in [1.29, 1.82) is 0 Å². The van der Waals surface area contributed by atoms with Crippen LogP contribution < -0.4 is 5.32 Å². The Hall–Kier alpha value is -0.0400. The highest BCUT2D eigenvalue weighted by molar-refractivity contribution is 4.93. The first-order chi connectivity index (χ1) is 7.09. The van der Waals surface area contributed by atoms with Gasteiger partial charge in [-0.3, -0.25) is 0 Å². The SMILES string of the molecule is CC1CCCCC1NC1CCCC1(C)C. The van der Waals surface area contributed by atoms with Crippen molar-refractivity contribution < 1.29 is 0 Å². The van der Waals surface area contributed by atoms with Gasteiger partial charge >= 0.3 is 0 Å². The van der Waals surface area contributed by atoms with E-state index in [1.807, 2.05) is 0 Å². The maximum atomic E-state index is 3.96. The molecular weight excluding hydrogens is 182 g/mol. The molecule has 3 unspecified atom stereocenters. The first kappa shape index (κ1) is 11.4. The molecule has 1 N–H and O–H groups in total. The number of rotatable bonds is 2. The summed E-state index contributed by atoms with van der Waals surface area (Å²) in [4.78, 5) is 0. The second-order valence-electron chi connectivity index (χ2n) is 6.47. The molecule has 2 saturated carbocycles. The van der Waals surface area contributed by atoms with E-state index in [2.05, 4.69) is 26.1 Å². The van der Waals surface area contributed by atoms with E-state index in [1.165, 1.54) is 44.9 Å². The zero-order valence-electron chi connectivity index (χ0n) is 10.7. The topological polar surface area (TPSA) is 12.0 Å². The second-order valence-corrected chi connectivity index (χ2v) is 6.47. The largest absolute Gasteiger partial charge is 0.310 e. The summed E-state index contributed by atoms with van der Waals surface area (Å²) < 4.78 is 0. The molecule has 3 atom stereocenters. The minimum atomic E-state index is 0.539. The van der Waals surface area contributed by atoms with Crippen molar-refractivity contribution in [1.82, 2.24) is 5.32 Å². The molecule has 0 bridgehead atoms. The summed E-state index contributed by atoms with van der Waals surface area (Å²) in [7, 11) is 0. The Morgan fingerprint density at radius 2 is 1.73 bits per heavy atom. The van der Waals surface area contributed by atoms with Crippen molar-refractivity contribution in [3.63, 3.8) is 0 Å². The van der Waals surface area contributed by atoms with Gasteiger partial charge in [-0.05, 0) is 37.0 Å². The van der Waals surface area contributed by atoms with Gasteiger partial charge in [0.1, 0.15) is 0 Å². The zero-order valence-corrected chi connectivity index (χ0v) is 10.7. The third kappa shape index (κ3) is 2.55. The van der Waals surface area contributed by atoms with Gasteiger partial charge in [0.25, 0.3) is 0 Å². The Balaban J connectivity index is 1.90. The molecule has 0 aromatic heterocycles. The summed E-state index contributed by atoms with van der Waals surface area (Å²) in [6, 6.07) is 1.59. The molecule has 2 fully saturated rings. The Kier molecular flexibility index (Phi) is 3.39. The molecule has 0 saturated heterocycles. The Bertz CT molecular complexity index is 209. The molecule has 0 aromatic rings. The van der Waals surface area contributed by atoms with Crippen LogP contribution in [0.3, 0.4) is 0 Å². The van der Waals surface area contributed by atoms with Crippen LogP contribution in [0, 0.1) is 11.3 Å². The lowest BCUT2D eigenvalue weighted by molar-refractivity contribution is 0.202. The summed E-state index contributed by atoms with van der Waals surface area (Å²) >= 11 is 0. The summed E-state index contributed by atoms with van der Waals surface area (Å²) in [5.41, 5.74) is 0.539. The number of hydrogen-bond acceptors (Lipinski definition) is 1. The lowest BCUT2D eigenvalue weighted by Crippen LogP contribution is -2.47. The number of hydrogen-bond donors (Lipinski definition) is 1. The maximum Gasteiger partial charge on any atom is 0.0121 e. The Labute approximate surface area is 95.0 Å². The fourth-order valence-electron chi connectivity index (χ4n) is 3.46. The molecule has 0 spiro atoms. The highest BCUT2D eigenvalue weighted by Crippen LogP contribution is 2.38. The number of nitrogens with one attached hydrogen (secondary N) is 1. The summed E-state index contributed by atoms with van der Waals surface area (Å²) in [6.07, 6.45) is 9.97. The molecule has 15 heavy (non-hydrogen) atoms. The van der Waals surface area contributed by atoms with Gasteiger partial charge in [-0.15, -0.1) is 0 Å². The van der Waals surface area contributed by atoms with Crippen molar-refractivity contribution in [3.8, 4) is 0 Å². The monoisotopic (exact) mass is 209 g/mol. The van der Waals surface area contributed by atoms with E-state index < -0.39 is 0 Å². The van der Waals surface area contributed by atoms with Crippen molar-refractivity contribution in [2.24, 2.45) is 11.3 Å². The van der Waals surface area contributed by atoms with Crippen LogP contribution in [0.2, 0.25) is 0 Å². The van der Waals surface area contributed by atoms with Crippen molar-refractivity contribution in [2.45, 2.75) is 77.8 Å². The summed E-state index contributed by atoms with van der Waals surface area (Å²) in [5.74, 6) is 0.898. The lowest BCUT2D eigenvalue weighted by atomic mass is 9.82. The highest BCUT2D eigenvalue weighted by Gasteiger charge is 2.36. The zero-order chi connectivity index (χ0) is 10.9. The van der Waals surface area contributed by atoms with Crippen molar-refractivity contribution in [2.75, 3.05) is 0 Å². The average Bonchev–Trinajstić information content (AvgIpc) is 2.50. The van der Waals surface area contributed by atoms with Crippen molar-refractivity contribution >= 4 is 0 Å². The van der Waals surface area contributed by atoms with Crippen LogP contribution >= 0.6 is 0 Å². The standard InChI is InChI=1S/C14H27N/c1-11-7-4-5-8-12(11)15-13-9-6-10-14(13,2)3/h11-13,15H,4-10H2,1-3H3. The first-order valence-corrected chi connectivity index (χ1v) is 6.86. The Morgan fingerprint density at radius 1 is 1.00 bits per heavy atom. The van der Waals surface area contributed by atoms with E-state index in [1.54, 1.807) is 0 Å². The van der Waals surface area contributed by atoms with Crippen LogP contribution in [0.25, 0.3) is 0 Å². The molecular formula is C14H27N. The van der Waals surface area contributed by atoms with Gasteiger partial charge in [0.15, 0.2) is 0 Å². The molecule has 88 valence electrons. The van der Waals surface area contributed by atoms with Crippen LogP contribution in [0.4, 0.5) is 0 Å². The molecule has 2 aliphatic carbocycles. The summed E-state index contributed by atoms with van der Waals surface area (Å²) in [5, 5.41) is 3.96. The van der Waals surface area contributed by atoms with Crippen LogP contribution in [0.1, 0.15) is 65.7 Å². The van der Waals surface area contributed by atoms with Gasteiger partial charge < -0.3 is 5.32 Å². The second kappa shape index (κ2) is 4.45. The lowest BCUT2D eigenvalue weighted by Gasteiger charge is -2.37. The van der Waals surface area contributed by atoms with Crippen LogP contribution in [-0.4, -0.2) is 12.1 Å².